The van der Waals surface area contributed by atoms with E-state index < -0.39 is 12.3 Å². The lowest BCUT2D eigenvalue weighted by atomic mass is 10.2. The molecule has 0 fully saturated rings. The first kappa shape index (κ1) is 25.1. The van der Waals surface area contributed by atoms with Crippen LogP contribution in [0.5, 0.6) is 0 Å². The first-order valence-corrected chi connectivity index (χ1v) is 6.77. The second kappa shape index (κ2) is 18.2. The van der Waals surface area contributed by atoms with Crippen molar-refractivity contribution < 1.29 is 50.3 Å². The van der Waals surface area contributed by atoms with Crippen LogP contribution in [0.25, 0.3) is 0 Å². The van der Waals surface area contributed by atoms with Crippen LogP contribution in [0.15, 0.2) is 60.7 Å². The van der Waals surface area contributed by atoms with Gasteiger partial charge in [-0.05, 0) is 11.1 Å². The van der Waals surface area contributed by atoms with Gasteiger partial charge in [-0.3, -0.25) is 10.5 Å². The topological polar surface area (TPSA) is 174 Å². The average molecular weight is 372 g/mol. The summed E-state index contributed by atoms with van der Waals surface area (Å²) in [6.45, 7) is 0.529. The van der Waals surface area contributed by atoms with Crippen LogP contribution in [-0.2, 0) is 23.0 Å². The Labute approximate surface area is 148 Å². The molecule has 0 saturated heterocycles. The van der Waals surface area contributed by atoms with Crippen molar-refractivity contribution in [2.45, 2.75) is 13.2 Å². The Morgan fingerprint density at radius 1 is 0.615 bits per heavy atom. The summed E-state index contributed by atoms with van der Waals surface area (Å²) in [4.78, 5) is 25.0. The van der Waals surface area contributed by atoms with Crippen molar-refractivity contribution in [2.75, 3.05) is 0 Å². The molecule has 0 unspecified atom stereocenters. The molecule has 2 aromatic rings. The molecule has 6 N–H and O–H groups in total. The minimum absolute atomic E-state index is 0.265. The molecule has 0 saturated carbocycles. The zero-order chi connectivity index (χ0) is 20.2. The molecule has 0 aliphatic heterocycles. The van der Waals surface area contributed by atoms with Gasteiger partial charge in [-0.2, -0.15) is 0 Å². The van der Waals surface area contributed by atoms with E-state index in [9.17, 15) is 0 Å². The molecular weight excluding hydrogens is 352 g/mol. The van der Waals surface area contributed by atoms with Crippen molar-refractivity contribution in [3.05, 3.63) is 71.8 Å². The summed E-state index contributed by atoms with van der Waals surface area (Å²) in [7, 11) is 0. The first-order chi connectivity index (χ1) is 12.3. The fourth-order valence-electron chi connectivity index (χ4n) is 1.30. The minimum Gasteiger partial charge on any atom is -0.450 e. The Kier molecular flexibility index (Phi) is 17.5. The van der Waals surface area contributed by atoms with E-state index in [-0.39, 0.29) is 13.2 Å². The van der Waals surface area contributed by atoms with Crippen LogP contribution in [0.4, 0.5) is 9.59 Å². The van der Waals surface area contributed by atoms with Gasteiger partial charge in [-0.25, -0.2) is 19.4 Å². The van der Waals surface area contributed by atoms with Gasteiger partial charge in [-0.15, -0.1) is 0 Å². The maximum Gasteiger partial charge on any atom is 0.503 e. The Morgan fingerprint density at radius 3 is 1.04 bits per heavy atom. The quantitative estimate of drug-likeness (QED) is 0.342. The third kappa shape index (κ3) is 23.1. The predicted molar refractivity (Wildman–Crippen MR) is 89.0 cm³/mol. The van der Waals surface area contributed by atoms with E-state index in [1.807, 2.05) is 60.7 Å². The van der Waals surface area contributed by atoms with E-state index in [2.05, 4.69) is 9.78 Å². The lowest BCUT2D eigenvalue weighted by Gasteiger charge is -1.93. The normalized spacial score (nSPS) is 8.38. The smallest absolute Gasteiger partial charge is 0.450 e. The molecule has 2 aromatic carbocycles. The molecule has 0 radical (unpaired) electrons. The van der Waals surface area contributed by atoms with Crippen LogP contribution in [0.3, 0.4) is 0 Å². The van der Waals surface area contributed by atoms with E-state index in [1.54, 1.807) is 0 Å². The number of benzene rings is 2. The van der Waals surface area contributed by atoms with Crippen molar-refractivity contribution in [1.82, 2.24) is 0 Å². The molecular formula is C16H20O10. The predicted octanol–water partition coefficient (Wildman–Crippen LogP) is 3.80. The third-order valence-corrected chi connectivity index (χ3v) is 2.15. The van der Waals surface area contributed by atoms with Crippen molar-refractivity contribution in [3.63, 3.8) is 0 Å². The van der Waals surface area contributed by atoms with Gasteiger partial charge in [0.2, 0.25) is 0 Å². The number of hydrogen-bond acceptors (Lipinski definition) is 6. The zero-order valence-electron chi connectivity index (χ0n) is 13.5. The van der Waals surface area contributed by atoms with Crippen molar-refractivity contribution in [3.8, 4) is 0 Å². The summed E-state index contributed by atoms with van der Waals surface area (Å²) in [6, 6.07) is 19.0. The fraction of sp³-hybridized carbons (Fsp3) is 0.125. The van der Waals surface area contributed by atoms with Crippen LogP contribution in [-0.4, -0.2) is 43.3 Å². The summed E-state index contributed by atoms with van der Waals surface area (Å²) in [5.74, 6) is 0. The maximum atomic E-state index is 8.56. The van der Waals surface area contributed by atoms with Crippen LogP contribution in [0.2, 0.25) is 0 Å². The van der Waals surface area contributed by atoms with E-state index in [1.165, 1.54) is 0 Å². The lowest BCUT2D eigenvalue weighted by Crippen LogP contribution is -1.84. The summed E-state index contributed by atoms with van der Waals surface area (Å²) in [6.07, 6.45) is -3.67. The highest BCUT2D eigenvalue weighted by atomic mass is 17.1. The summed E-state index contributed by atoms with van der Waals surface area (Å²) < 4.78 is 0. The lowest BCUT2D eigenvalue weighted by molar-refractivity contribution is -0.253. The molecule has 0 bridgehead atoms. The third-order valence-electron chi connectivity index (χ3n) is 2.15. The van der Waals surface area contributed by atoms with Crippen LogP contribution >= 0.6 is 0 Å². The molecule has 0 amide bonds. The monoisotopic (exact) mass is 372 g/mol. The van der Waals surface area contributed by atoms with Crippen LogP contribution in [0, 0.1) is 0 Å². The zero-order valence-corrected chi connectivity index (χ0v) is 13.5. The molecule has 0 aromatic heterocycles. The highest BCUT2D eigenvalue weighted by Gasteiger charge is 1.86. The second-order valence-corrected chi connectivity index (χ2v) is 4.08. The van der Waals surface area contributed by atoms with Gasteiger partial charge in [0.05, 0.1) is 0 Å². The van der Waals surface area contributed by atoms with E-state index in [0.29, 0.717) is 0 Å². The highest BCUT2D eigenvalue weighted by Crippen LogP contribution is 1.98. The molecule has 2 rings (SSSR count). The minimum atomic E-state index is -1.83. The van der Waals surface area contributed by atoms with Crippen LogP contribution < -0.4 is 0 Å². The summed E-state index contributed by atoms with van der Waals surface area (Å²) in [5.41, 5.74) is 1.94. The molecule has 144 valence electrons. The van der Waals surface area contributed by atoms with E-state index in [4.69, 9.17) is 40.5 Å². The SMILES string of the molecule is O=C(O)O.O=C(O)O.OOCc1ccccc1.OOCc1ccccc1. The van der Waals surface area contributed by atoms with Gasteiger partial charge in [0.1, 0.15) is 13.2 Å². The molecule has 10 nitrogen and oxygen atoms in total. The fourth-order valence-corrected chi connectivity index (χ4v) is 1.30. The molecule has 0 atom stereocenters. The Morgan fingerprint density at radius 2 is 0.846 bits per heavy atom. The van der Waals surface area contributed by atoms with E-state index in [0.717, 1.165) is 11.1 Å². The summed E-state index contributed by atoms with van der Waals surface area (Å²) >= 11 is 0. The number of carbonyl (C=O) groups is 2. The van der Waals surface area contributed by atoms with Gasteiger partial charge in [-0.1, -0.05) is 60.7 Å². The molecule has 26 heavy (non-hydrogen) atoms. The van der Waals surface area contributed by atoms with Gasteiger partial charge < -0.3 is 20.4 Å². The first-order valence-electron chi connectivity index (χ1n) is 6.77. The number of carboxylic acid groups (broad SMARTS) is 4. The van der Waals surface area contributed by atoms with Crippen molar-refractivity contribution in [1.29, 1.82) is 0 Å². The molecule has 10 heteroatoms. The van der Waals surface area contributed by atoms with Crippen LogP contribution in [0.1, 0.15) is 11.1 Å². The maximum absolute atomic E-state index is 8.56. The Bertz CT molecular complexity index is 513. The molecule has 0 aliphatic rings. The Balaban J connectivity index is 0. The molecule has 0 aliphatic carbocycles. The van der Waals surface area contributed by atoms with Gasteiger partial charge in [0, 0.05) is 0 Å². The molecule has 0 spiro atoms. The average Bonchev–Trinajstić information content (AvgIpc) is 2.57. The van der Waals surface area contributed by atoms with Crippen molar-refractivity contribution in [2.24, 2.45) is 0 Å². The summed E-state index contributed by atoms with van der Waals surface area (Å²) in [5, 5.41) is 43.9. The highest BCUT2D eigenvalue weighted by molar-refractivity contribution is 5.53. The van der Waals surface area contributed by atoms with E-state index >= 15 is 0 Å². The number of rotatable bonds is 4. The molecule has 0 heterocycles. The second-order valence-electron chi connectivity index (χ2n) is 4.08. The largest absolute Gasteiger partial charge is 0.503 e. The van der Waals surface area contributed by atoms with Crippen molar-refractivity contribution >= 4 is 12.3 Å². The van der Waals surface area contributed by atoms with Gasteiger partial charge in [0.15, 0.2) is 0 Å². The standard InChI is InChI=1S/2C7H8O2.2CH2O3/c2*8-9-6-7-4-2-1-3-5-7;2*2-1(3)4/h2*1-5,8H,6H2;2*(H2,2,3,4). The number of hydrogen-bond donors (Lipinski definition) is 6. The van der Waals surface area contributed by atoms with Gasteiger partial charge in [0.25, 0.3) is 0 Å². The van der Waals surface area contributed by atoms with Gasteiger partial charge >= 0.3 is 12.3 Å². The Hall–Kier alpha value is -3.18.